The molecule has 0 fully saturated rings. The Morgan fingerprint density at radius 2 is 1.87 bits per heavy atom. The lowest BCUT2D eigenvalue weighted by Crippen LogP contribution is -2.11. The van der Waals surface area contributed by atoms with E-state index in [1.54, 1.807) is 0 Å². The molecule has 23 heavy (non-hydrogen) atoms. The number of fused-ring (bicyclic) bond motifs is 1. The fourth-order valence-corrected chi connectivity index (χ4v) is 2.60. The van der Waals surface area contributed by atoms with Gasteiger partial charge in [-0.3, -0.25) is 4.79 Å². The Bertz CT molecular complexity index is 842. The van der Waals surface area contributed by atoms with Crippen LogP contribution < -0.4 is 5.73 Å². The summed E-state index contributed by atoms with van der Waals surface area (Å²) in [4.78, 5) is 15.3. The molecule has 1 aliphatic rings. The summed E-state index contributed by atoms with van der Waals surface area (Å²) < 4.78 is 0. The number of aliphatic imine (C=N–C) groups is 1. The Hall–Kier alpha value is -2.94. The molecule has 0 aromatic heterocycles. The van der Waals surface area contributed by atoms with Crippen molar-refractivity contribution in [3.63, 3.8) is 0 Å². The lowest BCUT2D eigenvalue weighted by Gasteiger charge is -2.06. The van der Waals surface area contributed by atoms with Crippen LogP contribution in [0.25, 0.3) is 17.2 Å². The first-order valence-corrected chi connectivity index (χ1v) is 7.46. The van der Waals surface area contributed by atoms with Gasteiger partial charge in [-0.2, -0.15) is 0 Å². The molecule has 0 amide bonds. The SMILES string of the molecule is C=C(C)C1=Cc2ccc(-c3ccc(C=O)cc3)cc2N=C(N)C1. The van der Waals surface area contributed by atoms with Crippen molar-refractivity contribution in [1.82, 2.24) is 0 Å². The van der Waals surface area contributed by atoms with Crippen molar-refractivity contribution in [3.8, 4) is 11.1 Å². The molecule has 2 aromatic rings. The molecule has 3 heteroatoms. The van der Waals surface area contributed by atoms with Crippen LogP contribution in [0, 0.1) is 0 Å². The Labute approximate surface area is 135 Å². The van der Waals surface area contributed by atoms with Crippen LogP contribution in [0.15, 0.2) is 65.2 Å². The van der Waals surface area contributed by atoms with Crippen LogP contribution in [-0.2, 0) is 0 Å². The number of nitrogens with zero attached hydrogens (tertiary/aromatic N) is 1. The van der Waals surface area contributed by atoms with Gasteiger partial charge in [0.15, 0.2) is 0 Å². The smallest absolute Gasteiger partial charge is 0.150 e. The molecule has 2 N–H and O–H groups in total. The van der Waals surface area contributed by atoms with Crippen molar-refractivity contribution < 1.29 is 4.79 Å². The van der Waals surface area contributed by atoms with Crippen LogP contribution in [0.2, 0.25) is 0 Å². The predicted octanol–water partition coefficient (Wildman–Crippen LogP) is 4.52. The highest BCUT2D eigenvalue weighted by Gasteiger charge is 2.11. The third-order valence-electron chi connectivity index (χ3n) is 3.92. The van der Waals surface area contributed by atoms with E-state index in [-0.39, 0.29) is 0 Å². The minimum Gasteiger partial charge on any atom is -0.387 e. The maximum absolute atomic E-state index is 10.8. The van der Waals surface area contributed by atoms with E-state index in [9.17, 15) is 4.79 Å². The zero-order valence-electron chi connectivity index (χ0n) is 13.0. The third kappa shape index (κ3) is 3.14. The molecule has 0 unspecified atom stereocenters. The lowest BCUT2D eigenvalue weighted by atomic mass is 9.99. The van der Waals surface area contributed by atoms with Gasteiger partial charge in [-0.1, -0.05) is 48.6 Å². The second-order valence-corrected chi connectivity index (χ2v) is 5.74. The molecule has 3 rings (SSSR count). The molecule has 3 nitrogen and oxygen atoms in total. The first-order chi connectivity index (χ1) is 11.1. The Morgan fingerprint density at radius 3 is 2.52 bits per heavy atom. The molecule has 0 spiro atoms. The number of rotatable bonds is 3. The molecule has 0 saturated heterocycles. The van der Waals surface area contributed by atoms with Crippen molar-refractivity contribution in [3.05, 3.63) is 71.3 Å². The summed E-state index contributed by atoms with van der Waals surface area (Å²) in [5.41, 5.74) is 12.8. The molecule has 114 valence electrons. The Kier molecular flexibility index (Phi) is 3.94. The highest BCUT2D eigenvalue weighted by molar-refractivity contribution is 5.92. The maximum Gasteiger partial charge on any atom is 0.150 e. The number of amidine groups is 1. The van der Waals surface area contributed by atoms with Crippen molar-refractivity contribution in [2.24, 2.45) is 10.7 Å². The van der Waals surface area contributed by atoms with Gasteiger partial charge in [-0.05, 0) is 35.8 Å². The summed E-state index contributed by atoms with van der Waals surface area (Å²) >= 11 is 0. The topological polar surface area (TPSA) is 55.5 Å². The second kappa shape index (κ2) is 6.05. The normalized spacial score (nSPS) is 13.4. The third-order valence-corrected chi connectivity index (χ3v) is 3.92. The Balaban J connectivity index is 2.06. The van der Waals surface area contributed by atoms with E-state index in [1.165, 1.54) is 0 Å². The van der Waals surface area contributed by atoms with Crippen LogP contribution in [0.4, 0.5) is 5.69 Å². The van der Waals surface area contributed by atoms with Gasteiger partial charge in [0, 0.05) is 17.5 Å². The van der Waals surface area contributed by atoms with Gasteiger partial charge in [0.2, 0.25) is 0 Å². The maximum atomic E-state index is 10.8. The predicted molar refractivity (Wildman–Crippen MR) is 96.0 cm³/mol. The van der Waals surface area contributed by atoms with Crippen molar-refractivity contribution in [1.29, 1.82) is 0 Å². The van der Waals surface area contributed by atoms with E-state index < -0.39 is 0 Å². The van der Waals surface area contributed by atoms with E-state index in [1.807, 2.05) is 43.3 Å². The summed E-state index contributed by atoms with van der Waals surface area (Å²) in [7, 11) is 0. The monoisotopic (exact) mass is 302 g/mol. The van der Waals surface area contributed by atoms with Crippen molar-refractivity contribution in [2.45, 2.75) is 13.3 Å². The highest BCUT2D eigenvalue weighted by atomic mass is 16.1. The minimum atomic E-state index is 0.589. The number of hydrogen-bond acceptors (Lipinski definition) is 3. The molecular formula is C20H18N2O. The minimum absolute atomic E-state index is 0.589. The zero-order valence-corrected chi connectivity index (χ0v) is 13.0. The van der Waals surface area contributed by atoms with Crippen molar-refractivity contribution >= 4 is 23.9 Å². The summed E-state index contributed by atoms with van der Waals surface area (Å²) in [6, 6.07) is 13.6. The lowest BCUT2D eigenvalue weighted by molar-refractivity contribution is 0.112. The fraction of sp³-hybridized carbons (Fsp3) is 0.100. The van der Waals surface area contributed by atoms with Crippen LogP contribution in [0.1, 0.15) is 29.3 Å². The Morgan fingerprint density at radius 1 is 1.17 bits per heavy atom. The van der Waals surface area contributed by atoms with E-state index in [4.69, 9.17) is 5.73 Å². The summed E-state index contributed by atoms with van der Waals surface area (Å²) in [5.74, 6) is 0.589. The van der Waals surface area contributed by atoms with Crippen LogP contribution in [-0.4, -0.2) is 12.1 Å². The van der Waals surface area contributed by atoms with Crippen LogP contribution in [0.3, 0.4) is 0 Å². The van der Waals surface area contributed by atoms with Gasteiger partial charge < -0.3 is 5.73 Å². The van der Waals surface area contributed by atoms with Crippen LogP contribution in [0.5, 0.6) is 0 Å². The van der Waals surface area contributed by atoms with E-state index in [0.29, 0.717) is 17.8 Å². The average molecular weight is 302 g/mol. The number of nitrogens with two attached hydrogens (primary N) is 1. The molecule has 0 atom stereocenters. The number of carbonyl (C=O) groups excluding carboxylic acids is 1. The molecule has 0 radical (unpaired) electrons. The standard InChI is InChI=1S/C20H18N2O/c1-13(2)18-9-17-8-7-16(10-19(17)22-20(21)11-18)15-5-3-14(12-23)4-6-15/h3-10,12H,1,11H2,2H3,(H2,21,22). The van der Waals surface area contributed by atoms with Crippen LogP contribution >= 0.6 is 0 Å². The number of hydrogen-bond donors (Lipinski definition) is 1. The van der Waals surface area contributed by atoms with Gasteiger partial charge >= 0.3 is 0 Å². The fourth-order valence-electron chi connectivity index (χ4n) is 2.60. The molecule has 0 saturated carbocycles. The number of benzene rings is 2. The highest BCUT2D eigenvalue weighted by Crippen LogP contribution is 2.32. The van der Waals surface area contributed by atoms with E-state index in [0.717, 1.165) is 39.8 Å². The number of carbonyl (C=O) groups is 1. The first-order valence-electron chi connectivity index (χ1n) is 7.46. The zero-order chi connectivity index (χ0) is 16.4. The summed E-state index contributed by atoms with van der Waals surface area (Å²) in [5, 5.41) is 0. The average Bonchev–Trinajstić information content (AvgIpc) is 2.72. The van der Waals surface area contributed by atoms with Gasteiger partial charge in [0.25, 0.3) is 0 Å². The van der Waals surface area contributed by atoms with Gasteiger partial charge in [0.1, 0.15) is 12.1 Å². The molecular weight excluding hydrogens is 284 g/mol. The molecule has 1 heterocycles. The van der Waals surface area contributed by atoms with Gasteiger partial charge in [0.05, 0.1) is 5.69 Å². The van der Waals surface area contributed by atoms with E-state index >= 15 is 0 Å². The van der Waals surface area contributed by atoms with Gasteiger partial charge in [-0.25, -0.2) is 4.99 Å². The molecule has 0 aliphatic carbocycles. The quantitative estimate of drug-likeness (QED) is 0.848. The summed E-state index contributed by atoms with van der Waals surface area (Å²) in [6.07, 6.45) is 3.56. The number of allylic oxidation sites excluding steroid dienone is 1. The van der Waals surface area contributed by atoms with Crippen molar-refractivity contribution in [2.75, 3.05) is 0 Å². The number of aldehydes is 1. The molecule has 1 aliphatic heterocycles. The largest absolute Gasteiger partial charge is 0.387 e. The van der Waals surface area contributed by atoms with Gasteiger partial charge in [-0.15, -0.1) is 0 Å². The van der Waals surface area contributed by atoms with E-state index in [2.05, 4.69) is 23.7 Å². The first kappa shape index (κ1) is 15.0. The summed E-state index contributed by atoms with van der Waals surface area (Å²) in [6.45, 7) is 5.98. The molecule has 2 aromatic carbocycles. The molecule has 0 bridgehead atoms. The second-order valence-electron chi connectivity index (χ2n) is 5.74.